The van der Waals surface area contributed by atoms with Crippen LogP contribution in [0.3, 0.4) is 0 Å². The van der Waals surface area contributed by atoms with Gasteiger partial charge in [-0.15, -0.1) is 0 Å². The van der Waals surface area contributed by atoms with Crippen molar-refractivity contribution in [1.29, 1.82) is 0 Å². The van der Waals surface area contributed by atoms with E-state index in [2.05, 4.69) is 5.32 Å². The van der Waals surface area contributed by atoms with Gasteiger partial charge in [0.05, 0.1) is 0 Å². The summed E-state index contributed by atoms with van der Waals surface area (Å²) in [5.41, 5.74) is 2.68. The van der Waals surface area contributed by atoms with Gasteiger partial charge in [-0.3, -0.25) is 0 Å². The Bertz CT molecular complexity index is 549. The molecule has 0 spiro atoms. The average Bonchev–Trinajstić information content (AvgIpc) is 2.40. The van der Waals surface area contributed by atoms with Crippen molar-refractivity contribution in [3.8, 4) is 0 Å². The van der Waals surface area contributed by atoms with Gasteiger partial charge in [-0.25, -0.2) is 8.78 Å². The number of nitrogens with one attached hydrogen (secondary N) is 1. The van der Waals surface area contributed by atoms with E-state index in [1.807, 2.05) is 38.1 Å². The molecule has 2 rings (SSSR count). The summed E-state index contributed by atoms with van der Waals surface area (Å²) in [7, 11) is 0. The molecule has 0 bridgehead atoms. The molecule has 0 fully saturated rings. The summed E-state index contributed by atoms with van der Waals surface area (Å²) in [6.45, 7) is 4.48. The number of aryl methyl sites for hydroxylation is 1. The highest BCUT2D eigenvalue weighted by Gasteiger charge is 2.11. The van der Waals surface area contributed by atoms with E-state index in [-0.39, 0.29) is 11.9 Å². The SMILES string of the molecule is Cc1ccc(CNC(C)c2cc(F)ccc2F)cc1. The largest absolute Gasteiger partial charge is 0.306 e. The first-order chi connectivity index (χ1) is 9.06. The van der Waals surface area contributed by atoms with Gasteiger partial charge in [-0.2, -0.15) is 0 Å². The van der Waals surface area contributed by atoms with Gasteiger partial charge in [0, 0.05) is 18.2 Å². The molecule has 2 aromatic rings. The second-order valence-corrected chi connectivity index (χ2v) is 4.75. The molecule has 0 saturated carbocycles. The Morgan fingerprint density at radius 2 is 1.74 bits per heavy atom. The quantitative estimate of drug-likeness (QED) is 0.872. The maximum Gasteiger partial charge on any atom is 0.128 e. The average molecular weight is 261 g/mol. The molecule has 1 atom stereocenters. The minimum atomic E-state index is -0.416. The Morgan fingerprint density at radius 1 is 1.05 bits per heavy atom. The maximum atomic E-state index is 13.6. The van der Waals surface area contributed by atoms with Crippen molar-refractivity contribution in [3.63, 3.8) is 0 Å². The van der Waals surface area contributed by atoms with Crippen LogP contribution in [0.25, 0.3) is 0 Å². The van der Waals surface area contributed by atoms with E-state index in [1.165, 1.54) is 11.6 Å². The predicted molar refractivity (Wildman–Crippen MR) is 72.8 cm³/mol. The first-order valence-electron chi connectivity index (χ1n) is 6.30. The minimum absolute atomic E-state index is 0.239. The zero-order chi connectivity index (χ0) is 13.8. The molecule has 0 amide bonds. The maximum absolute atomic E-state index is 13.6. The number of hydrogen-bond acceptors (Lipinski definition) is 1. The lowest BCUT2D eigenvalue weighted by Crippen LogP contribution is -2.19. The zero-order valence-corrected chi connectivity index (χ0v) is 11.1. The van der Waals surface area contributed by atoms with E-state index in [0.717, 1.165) is 17.7 Å². The fourth-order valence-corrected chi connectivity index (χ4v) is 1.93. The molecule has 0 heterocycles. The first kappa shape index (κ1) is 13.7. The molecule has 0 aliphatic heterocycles. The van der Waals surface area contributed by atoms with Gasteiger partial charge in [-0.05, 0) is 37.6 Å². The standard InChI is InChI=1S/C16H17F2N/c1-11-3-5-13(6-4-11)10-19-12(2)15-9-14(17)7-8-16(15)18/h3-9,12,19H,10H2,1-2H3. The highest BCUT2D eigenvalue weighted by Crippen LogP contribution is 2.18. The van der Waals surface area contributed by atoms with Crippen LogP contribution >= 0.6 is 0 Å². The van der Waals surface area contributed by atoms with Gasteiger partial charge in [0.15, 0.2) is 0 Å². The van der Waals surface area contributed by atoms with E-state index in [4.69, 9.17) is 0 Å². The molecule has 0 aliphatic carbocycles. The highest BCUT2D eigenvalue weighted by molar-refractivity contribution is 5.23. The lowest BCUT2D eigenvalue weighted by atomic mass is 10.1. The van der Waals surface area contributed by atoms with E-state index in [0.29, 0.717) is 12.1 Å². The smallest absolute Gasteiger partial charge is 0.128 e. The van der Waals surface area contributed by atoms with Crippen LogP contribution in [0, 0.1) is 18.6 Å². The van der Waals surface area contributed by atoms with Crippen LogP contribution in [-0.4, -0.2) is 0 Å². The molecule has 0 aliphatic rings. The van der Waals surface area contributed by atoms with Crippen molar-refractivity contribution in [2.45, 2.75) is 26.4 Å². The number of benzene rings is 2. The second-order valence-electron chi connectivity index (χ2n) is 4.75. The molecule has 3 heteroatoms. The van der Waals surface area contributed by atoms with E-state index in [9.17, 15) is 8.78 Å². The van der Waals surface area contributed by atoms with Crippen LogP contribution < -0.4 is 5.32 Å². The van der Waals surface area contributed by atoms with Crippen molar-refractivity contribution < 1.29 is 8.78 Å². The zero-order valence-electron chi connectivity index (χ0n) is 11.1. The fraction of sp³-hybridized carbons (Fsp3) is 0.250. The van der Waals surface area contributed by atoms with Crippen LogP contribution in [0.1, 0.15) is 29.7 Å². The molecule has 1 N–H and O–H groups in total. The number of halogens is 2. The number of hydrogen-bond donors (Lipinski definition) is 1. The van der Waals surface area contributed by atoms with Crippen LogP contribution in [0.4, 0.5) is 8.78 Å². The molecule has 2 aromatic carbocycles. The van der Waals surface area contributed by atoms with Gasteiger partial charge in [0.25, 0.3) is 0 Å². The monoisotopic (exact) mass is 261 g/mol. The first-order valence-corrected chi connectivity index (χ1v) is 6.30. The third-order valence-electron chi connectivity index (χ3n) is 3.16. The Kier molecular flexibility index (Phi) is 4.27. The van der Waals surface area contributed by atoms with Gasteiger partial charge in [-0.1, -0.05) is 29.8 Å². The summed E-state index contributed by atoms with van der Waals surface area (Å²) < 4.78 is 26.7. The lowest BCUT2D eigenvalue weighted by molar-refractivity contribution is 0.518. The molecule has 19 heavy (non-hydrogen) atoms. The predicted octanol–water partition coefficient (Wildman–Crippen LogP) is 4.12. The van der Waals surface area contributed by atoms with Crippen molar-refractivity contribution in [1.82, 2.24) is 5.32 Å². The molecule has 0 aromatic heterocycles. The van der Waals surface area contributed by atoms with Crippen LogP contribution in [0.15, 0.2) is 42.5 Å². The Labute approximate surface area is 112 Å². The molecule has 100 valence electrons. The molecule has 0 radical (unpaired) electrons. The fourth-order valence-electron chi connectivity index (χ4n) is 1.93. The van der Waals surface area contributed by atoms with Crippen molar-refractivity contribution in [2.24, 2.45) is 0 Å². The van der Waals surface area contributed by atoms with Gasteiger partial charge >= 0.3 is 0 Å². The number of rotatable bonds is 4. The van der Waals surface area contributed by atoms with E-state index in [1.54, 1.807) is 0 Å². The summed E-state index contributed by atoms with van der Waals surface area (Å²) >= 11 is 0. The topological polar surface area (TPSA) is 12.0 Å². The Balaban J connectivity index is 2.03. The van der Waals surface area contributed by atoms with Crippen molar-refractivity contribution >= 4 is 0 Å². The summed E-state index contributed by atoms with van der Waals surface area (Å²) in [5, 5.41) is 3.20. The van der Waals surface area contributed by atoms with Crippen LogP contribution in [-0.2, 0) is 6.54 Å². The molecule has 0 saturated heterocycles. The van der Waals surface area contributed by atoms with Gasteiger partial charge < -0.3 is 5.32 Å². The minimum Gasteiger partial charge on any atom is -0.306 e. The molecular formula is C16H17F2N. The summed E-state index contributed by atoms with van der Waals surface area (Å²) in [6, 6.07) is 11.4. The van der Waals surface area contributed by atoms with E-state index >= 15 is 0 Å². The molecular weight excluding hydrogens is 244 g/mol. The molecule has 1 unspecified atom stereocenters. The summed E-state index contributed by atoms with van der Waals surface area (Å²) in [5.74, 6) is -0.800. The van der Waals surface area contributed by atoms with Crippen LogP contribution in [0.5, 0.6) is 0 Å². The summed E-state index contributed by atoms with van der Waals surface area (Å²) in [6.07, 6.45) is 0. The van der Waals surface area contributed by atoms with Gasteiger partial charge in [0.2, 0.25) is 0 Å². The Hall–Kier alpha value is -1.74. The third-order valence-corrected chi connectivity index (χ3v) is 3.16. The Morgan fingerprint density at radius 3 is 2.42 bits per heavy atom. The highest BCUT2D eigenvalue weighted by atomic mass is 19.1. The second kappa shape index (κ2) is 5.93. The lowest BCUT2D eigenvalue weighted by Gasteiger charge is -2.15. The van der Waals surface area contributed by atoms with Crippen molar-refractivity contribution in [3.05, 3.63) is 70.8 Å². The molecule has 1 nitrogen and oxygen atoms in total. The summed E-state index contributed by atoms with van der Waals surface area (Å²) in [4.78, 5) is 0. The third kappa shape index (κ3) is 3.61. The van der Waals surface area contributed by atoms with E-state index < -0.39 is 5.82 Å². The van der Waals surface area contributed by atoms with Crippen LogP contribution in [0.2, 0.25) is 0 Å². The van der Waals surface area contributed by atoms with Crippen molar-refractivity contribution in [2.75, 3.05) is 0 Å². The van der Waals surface area contributed by atoms with Gasteiger partial charge in [0.1, 0.15) is 11.6 Å². The normalized spacial score (nSPS) is 12.4.